The molecular weight excluding hydrogens is 256 g/mol. The summed E-state index contributed by atoms with van der Waals surface area (Å²) in [4.78, 5) is 0. The van der Waals surface area contributed by atoms with E-state index in [4.69, 9.17) is 5.84 Å². The van der Waals surface area contributed by atoms with Gasteiger partial charge in [0.2, 0.25) is 0 Å². The minimum Gasteiger partial charge on any atom is -0.271 e. The van der Waals surface area contributed by atoms with Crippen molar-refractivity contribution >= 4 is 0 Å². The first-order chi connectivity index (χ1) is 10.2. The van der Waals surface area contributed by atoms with Crippen LogP contribution in [-0.4, -0.2) is 6.04 Å². The molecule has 1 atom stereocenters. The zero-order valence-corrected chi connectivity index (χ0v) is 13.7. The summed E-state index contributed by atoms with van der Waals surface area (Å²) >= 11 is 0. The summed E-state index contributed by atoms with van der Waals surface area (Å²) in [5, 5.41) is 0. The molecule has 4 aliphatic rings. The van der Waals surface area contributed by atoms with Gasteiger partial charge in [0.25, 0.3) is 0 Å². The molecule has 0 aromatic rings. The van der Waals surface area contributed by atoms with Crippen LogP contribution in [0.25, 0.3) is 0 Å². The average Bonchev–Trinajstić information content (AvgIpc) is 2.44. The number of hydrogen-bond donors (Lipinski definition) is 2. The van der Waals surface area contributed by atoms with Crippen LogP contribution in [0.3, 0.4) is 0 Å². The lowest BCUT2D eigenvalue weighted by atomic mass is 9.48. The third-order valence-electron chi connectivity index (χ3n) is 6.54. The molecule has 0 aromatic carbocycles. The number of nitrogens with two attached hydrogens (primary N) is 1. The van der Waals surface area contributed by atoms with Crippen LogP contribution >= 0.6 is 0 Å². The van der Waals surface area contributed by atoms with Gasteiger partial charge in [-0.2, -0.15) is 0 Å². The second-order valence-electron chi connectivity index (χ2n) is 8.41. The predicted molar refractivity (Wildman–Crippen MR) is 89.6 cm³/mol. The van der Waals surface area contributed by atoms with Gasteiger partial charge in [-0.25, -0.2) is 0 Å². The van der Waals surface area contributed by atoms with Crippen molar-refractivity contribution in [3.63, 3.8) is 0 Å². The fourth-order valence-electron chi connectivity index (χ4n) is 6.16. The van der Waals surface area contributed by atoms with Crippen molar-refractivity contribution in [2.45, 2.75) is 83.1 Å². The van der Waals surface area contributed by atoms with Gasteiger partial charge in [0.15, 0.2) is 0 Å². The highest BCUT2D eigenvalue weighted by atomic mass is 15.2. The first kappa shape index (κ1) is 15.6. The molecule has 4 aliphatic carbocycles. The molecule has 0 spiro atoms. The minimum atomic E-state index is 0.546. The van der Waals surface area contributed by atoms with E-state index in [9.17, 15) is 0 Å². The molecule has 3 N–H and O–H groups in total. The van der Waals surface area contributed by atoms with Gasteiger partial charge >= 0.3 is 0 Å². The van der Waals surface area contributed by atoms with Crippen LogP contribution in [0.4, 0.5) is 0 Å². The van der Waals surface area contributed by atoms with Crippen molar-refractivity contribution in [1.82, 2.24) is 5.43 Å². The van der Waals surface area contributed by atoms with Gasteiger partial charge in [-0.15, -0.1) is 6.58 Å². The van der Waals surface area contributed by atoms with Crippen molar-refractivity contribution in [2.24, 2.45) is 29.0 Å². The van der Waals surface area contributed by atoms with E-state index < -0.39 is 0 Å². The molecule has 4 rings (SSSR count). The van der Waals surface area contributed by atoms with Crippen LogP contribution in [0, 0.1) is 23.2 Å². The summed E-state index contributed by atoms with van der Waals surface area (Å²) in [6, 6.07) is 0.546. The minimum absolute atomic E-state index is 0.546. The van der Waals surface area contributed by atoms with Gasteiger partial charge in [-0.1, -0.05) is 18.9 Å². The summed E-state index contributed by atoms with van der Waals surface area (Å²) in [5.74, 6) is 9.05. The summed E-state index contributed by atoms with van der Waals surface area (Å²) in [5.41, 5.74) is 3.81. The molecule has 0 heterocycles. The molecule has 4 saturated carbocycles. The lowest BCUT2D eigenvalue weighted by Gasteiger charge is -2.57. The number of hydrogen-bond acceptors (Lipinski definition) is 2. The first-order valence-corrected chi connectivity index (χ1v) is 9.30. The zero-order valence-electron chi connectivity index (χ0n) is 13.7. The third-order valence-corrected chi connectivity index (χ3v) is 6.54. The fraction of sp³-hybridized carbons (Fsp3) is 0.895. The number of rotatable bonds is 9. The Hall–Kier alpha value is -0.340. The predicted octanol–water partition coefficient (Wildman–Crippen LogP) is 4.56. The van der Waals surface area contributed by atoms with Crippen molar-refractivity contribution in [3.8, 4) is 0 Å². The van der Waals surface area contributed by atoms with E-state index in [0.29, 0.717) is 11.5 Å². The second-order valence-corrected chi connectivity index (χ2v) is 8.41. The largest absolute Gasteiger partial charge is 0.271 e. The maximum absolute atomic E-state index is 5.88. The topological polar surface area (TPSA) is 38.0 Å². The molecule has 0 amide bonds. The van der Waals surface area contributed by atoms with Crippen LogP contribution in [0.1, 0.15) is 77.0 Å². The quantitative estimate of drug-likeness (QED) is 0.283. The SMILES string of the molecule is C=CCCCCCC(CC12CC3CC(CC(C3)C1)C2)NN. The molecule has 1 unspecified atom stereocenters. The normalized spacial score (nSPS) is 38.6. The summed E-state index contributed by atoms with van der Waals surface area (Å²) in [6.07, 6.45) is 18.9. The number of allylic oxidation sites excluding steroid dienone is 1. The second kappa shape index (κ2) is 6.83. The first-order valence-electron chi connectivity index (χ1n) is 9.30. The highest BCUT2D eigenvalue weighted by Gasteiger charge is 2.51. The van der Waals surface area contributed by atoms with Crippen molar-refractivity contribution in [2.75, 3.05) is 0 Å². The third kappa shape index (κ3) is 3.71. The maximum Gasteiger partial charge on any atom is 0.0215 e. The molecular formula is C19H34N2. The van der Waals surface area contributed by atoms with Crippen LogP contribution < -0.4 is 11.3 Å². The van der Waals surface area contributed by atoms with Gasteiger partial charge in [-0.05, 0) is 87.4 Å². The van der Waals surface area contributed by atoms with Crippen LogP contribution in [0.15, 0.2) is 12.7 Å². The molecule has 0 aliphatic heterocycles. The van der Waals surface area contributed by atoms with Gasteiger partial charge in [0, 0.05) is 6.04 Å². The molecule has 4 fully saturated rings. The van der Waals surface area contributed by atoms with E-state index in [1.165, 1.54) is 51.4 Å². The van der Waals surface area contributed by atoms with Gasteiger partial charge in [-0.3, -0.25) is 11.3 Å². The Morgan fingerprint density at radius 1 is 1.05 bits per heavy atom. The highest BCUT2D eigenvalue weighted by molar-refractivity contribution is 5.02. The van der Waals surface area contributed by atoms with Crippen LogP contribution in [0.5, 0.6) is 0 Å². The fourth-order valence-corrected chi connectivity index (χ4v) is 6.16. The van der Waals surface area contributed by atoms with E-state index in [1.54, 1.807) is 19.3 Å². The molecule has 0 aromatic heterocycles. The summed E-state index contributed by atoms with van der Waals surface area (Å²) in [6.45, 7) is 3.80. The molecule has 0 radical (unpaired) electrons. The van der Waals surface area contributed by atoms with E-state index >= 15 is 0 Å². The molecule has 120 valence electrons. The molecule has 2 nitrogen and oxygen atoms in total. The van der Waals surface area contributed by atoms with E-state index in [0.717, 1.165) is 24.2 Å². The Morgan fingerprint density at radius 3 is 2.19 bits per heavy atom. The highest BCUT2D eigenvalue weighted by Crippen LogP contribution is 2.61. The molecule has 2 heteroatoms. The van der Waals surface area contributed by atoms with Crippen LogP contribution in [0.2, 0.25) is 0 Å². The van der Waals surface area contributed by atoms with Gasteiger partial charge in [0.05, 0.1) is 0 Å². The number of nitrogens with one attached hydrogen (secondary N) is 1. The standard InChI is InChI=1S/C19H34N2/c1-2-3-4-5-6-7-18(21-20)14-19-11-15-8-16(12-19)10-17(9-15)13-19/h2,15-18,21H,1,3-14,20H2. The van der Waals surface area contributed by atoms with Gasteiger partial charge < -0.3 is 0 Å². The smallest absolute Gasteiger partial charge is 0.0215 e. The van der Waals surface area contributed by atoms with E-state index in [2.05, 4.69) is 12.0 Å². The summed E-state index contributed by atoms with van der Waals surface area (Å²) < 4.78 is 0. The molecule has 4 bridgehead atoms. The van der Waals surface area contributed by atoms with E-state index in [-0.39, 0.29) is 0 Å². The monoisotopic (exact) mass is 290 g/mol. The Morgan fingerprint density at radius 2 is 1.67 bits per heavy atom. The Labute approximate surface area is 130 Å². The zero-order chi connectivity index (χ0) is 14.7. The molecule has 0 saturated heterocycles. The van der Waals surface area contributed by atoms with Crippen molar-refractivity contribution in [1.29, 1.82) is 0 Å². The Balaban J connectivity index is 1.48. The Kier molecular flexibility index (Phi) is 5.06. The number of hydrazine groups is 1. The average molecular weight is 290 g/mol. The van der Waals surface area contributed by atoms with Crippen LogP contribution in [-0.2, 0) is 0 Å². The summed E-state index contributed by atoms with van der Waals surface area (Å²) in [7, 11) is 0. The van der Waals surface area contributed by atoms with Crippen molar-refractivity contribution in [3.05, 3.63) is 12.7 Å². The van der Waals surface area contributed by atoms with E-state index in [1.807, 2.05) is 6.08 Å². The Bertz CT molecular complexity index is 314. The number of unbranched alkanes of at least 4 members (excludes halogenated alkanes) is 3. The maximum atomic E-state index is 5.88. The van der Waals surface area contributed by atoms with Crippen molar-refractivity contribution < 1.29 is 0 Å². The lowest BCUT2D eigenvalue weighted by molar-refractivity contribution is -0.0624. The lowest BCUT2D eigenvalue weighted by Crippen LogP contribution is -2.49. The van der Waals surface area contributed by atoms with Gasteiger partial charge in [0.1, 0.15) is 0 Å². The molecule has 21 heavy (non-hydrogen) atoms.